The van der Waals surface area contributed by atoms with Crippen molar-refractivity contribution in [1.82, 2.24) is 0 Å². The number of rotatable bonds is 7. The Kier molecular flexibility index (Phi) is 6.75. The topological polar surface area (TPSA) is 35.5 Å². The quantitative estimate of drug-likeness (QED) is 0.652. The van der Waals surface area contributed by atoms with E-state index < -0.39 is 0 Å². The predicted molar refractivity (Wildman–Crippen MR) is 92.2 cm³/mol. The number of hydrogen-bond donors (Lipinski definition) is 0. The summed E-state index contributed by atoms with van der Waals surface area (Å²) in [6.45, 7) is 2.62. The number of carbonyl (C=O) groups is 1. The van der Waals surface area contributed by atoms with E-state index in [1.807, 2.05) is 36.4 Å². The zero-order valence-electron chi connectivity index (χ0n) is 12.9. The molecule has 0 aromatic heterocycles. The van der Waals surface area contributed by atoms with Gasteiger partial charge in [-0.25, -0.2) is 0 Å². The first-order valence-corrected chi connectivity index (χ1v) is 8.15. The summed E-state index contributed by atoms with van der Waals surface area (Å²) in [5, 5.41) is 1.28. The highest BCUT2D eigenvalue weighted by Crippen LogP contribution is 2.24. The van der Waals surface area contributed by atoms with Crippen molar-refractivity contribution in [3.05, 3.63) is 63.6 Å². The van der Waals surface area contributed by atoms with Gasteiger partial charge in [-0.15, -0.1) is 0 Å². The molecular weight excluding hydrogens is 335 g/mol. The normalized spacial score (nSPS) is 10.4. The van der Waals surface area contributed by atoms with Gasteiger partial charge in [0.05, 0.1) is 6.61 Å². The van der Waals surface area contributed by atoms with Crippen molar-refractivity contribution in [2.24, 2.45) is 0 Å². The van der Waals surface area contributed by atoms with Crippen molar-refractivity contribution in [2.45, 2.75) is 26.4 Å². The smallest absolute Gasteiger partial charge is 0.306 e. The molecule has 0 aliphatic rings. The molecule has 0 aliphatic heterocycles. The van der Waals surface area contributed by atoms with Gasteiger partial charge in [0.1, 0.15) is 12.4 Å². The van der Waals surface area contributed by atoms with Crippen LogP contribution in [0.5, 0.6) is 5.75 Å². The first-order valence-electron chi connectivity index (χ1n) is 7.39. The Bertz CT molecular complexity index is 654. The van der Waals surface area contributed by atoms with Crippen LogP contribution in [0.4, 0.5) is 0 Å². The largest absolute Gasteiger partial charge is 0.489 e. The number of ether oxygens (including phenoxy) is 2. The molecule has 0 aliphatic carbocycles. The molecule has 3 nitrogen and oxygen atoms in total. The Labute approximate surface area is 146 Å². The number of benzene rings is 2. The van der Waals surface area contributed by atoms with Gasteiger partial charge in [-0.1, -0.05) is 41.4 Å². The molecule has 0 atom stereocenters. The molecule has 2 aromatic rings. The van der Waals surface area contributed by atoms with E-state index in [1.54, 1.807) is 13.0 Å². The maximum Gasteiger partial charge on any atom is 0.306 e. The Hall–Kier alpha value is -1.71. The fourth-order valence-electron chi connectivity index (χ4n) is 2.04. The van der Waals surface area contributed by atoms with E-state index in [2.05, 4.69) is 0 Å². The lowest BCUT2D eigenvalue weighted by Gasteiger charge is -2.09. The summed E-state index contributed by atoms with van der Waals surface area (Å²) in [4.78, 5) is 11.4. The highest BCUT2D eigenvalue weighted by atomic mass is 35.5. The van der Waals surface area contributed by atoms with Gasteiger partial charge in [-0.05, 0) is 48.7 Å². The lowest BCUT2D eigenvalue weighted by atomic mass is 10.1. The van der Waals surface area contributed by atoms with Crippen LogP contribution in [0.15, 0.2) is 42.5 Å². The molecule has 0 spiro atoms. The predicted octanol–water partition coefficient (Wildman–Crippen LogP) is 5.07. The lowest BCUT2D eigenvalue weighted by Crippen LogP contribution is -2.05. The minimum absolute atomic E-state index is 0.216. The van der Waals surface area contributed by atoms with Crippen LogP contribution in [0.2, 0.25) is 10.0 Å². The van der Waals surface area contributed by atoms with Gasteiger partial charge in [0.25, 0.3) is 0 Å². The third-order valence-corrected chi connectivity index (χ3v) is 3.85. The van der Waals surface area contributed by atoms with Gasteiger partial charge in [-0.3, -0.25) is 4.79 Å². The molecule has 0 radical (unpaired) electrons. The molecule has 23 heavy (non-hydrogen) atoms. The molecular formula is C18H18Cl2O3. The van der Waals surface area contributed by atoms with Crippen molar-refractivity contribution in [2.75, 3.05) is 6.61 Å². The molecule has 0 saturated carbocycles. The number of aryl methyl sites for hydroxylation is 1. The number of carbonyl (C=O) groups excluding carboxylic acids is 1. The van der Waals surface area contributed by atoms with Gasteiger partial charge >= 0.3 is 5.97 Å². The first-order chi connectivity index (χ1) is 11.1. The van der Waals surface area contributed by atoms with Gasteiger partial charge < -0.3 is 9.47 Å². The fraction of sp³-hybridized carbons (Fsp3) is 0.278. The lowest BCUT2D eigenvalue weighted by molar-refractivity contribution is -0.143. The van der Waals surface area contributed by atoms with Crippen LogP contribution in [0.3, 0.4) is 0 Å². The number of hydrogen-bond acceptors (Lipinski definition) is 3. The van der Waals surface area contributed by atoms with Gasteiger partial charge in [0, 0.05) is 16.5 Å². The maximum atomic E-state index is 11.4. The molecule has 2 rings (SSSR count). The molecule has 5 heteroatoms. The van der Waals surface area contributed by atoms with Crippen LogP contribution in [0, 0.1) is 0 Å². The fourth-order valence-corrected chi connectivity index (χ4v) is 2.43. The average Bonchev–Trinajstić information content (AvgIpc) is 2.54. The number of esters is 1. The van der Waals surface area contributed by atoms with Crippen molar-refractivity contribution >= 4 is 29.2 Å². The van der Waals surface area contributed by atoms with Gasteiger partial charge in [0.2, 0.25) is 0 Å². The maximum absolute atomic E-state index is 11.4. The van der Waals surface area contributed by atoms with E-state index >= 15 is 0 Å². The van der Waals surface area contributed by atoms with Gasteiger partial charge in [0.15, 0.2) is 0 Å². The summed E-state index contributed by atoms with van der Waals surface area (Å²) in [6.07, 6.45) is 0.869. The molecule has 0 fully saturated rings. The zero-order chi connectivity index (χ0) is 16.7. The Balaban J connectivity index is 1.90. The molecule has 0 amide bonds. The highest BCUT2D eigenvalue weighted by molar-refractivity contribution is 6.31. The summed E-state index contributed by atoms with van der Waals surface area (Å²) in [5.74, 6) is 0.469. The van der Waals surface area contributed by atoms with Crippen molar-refractivity contribution < 1.29 is 14.3 Å². The molecule has 0 bridgehead atoms. The van der Waals surface area contributed by atoms with Crippen LogP contribution < -0.4 is 4.74 Å². The van der Waals surface area contributed by atoms with E-state index in [-0.39, 0.29) is 5.97 Å². The molecule has 0 N–H and O–H groups in total. The Morgan fingerprint density at radius 3 is 2.48 bits per heavy atom. The second-order valence-corrected chi connectivity index (χ2v) is 5.82. The van der Waals surface area contributed by atoms with Crippen LogP contribution in [0.1, 0.15) is 24.5 Å². The highest BCUT2D eigenvalue weighted by Gasteiger charge is 2.07. The van der Waals surface area contributed by atoms with Gasteiger partial charge in [-0.2, -0.15) is 0 Å². The Morgan fingerprint density at radius 2 is 1.83 bits per heavy atom. The van der Waals surface area contributed by atoms with Crippen LogP contribution in [-0.4, -0.2) is 12.6 Å². The van der Waals surface area contributed by atoms with Crippen molar-refractivity contribution in [3.8, 4) is 5.75 Å². The van der Waals surface area contributed by atoms with Crippen molar-refractivity contribution in [1.29, 1.82) is 0 Å². The minimum atomic E-state index is -0.216. The molecule has 122 valence electrons. The third kappa shape index (κ3) is 5.77. The van der Waals surface area contributed by atoms with Crippen LogP contribution in [-0.2, 0) is 22.6 Å². The van der Waals surface area contributed by atoms with E-state index in [0.717, 1.165) is 11.1 Å². The van der Waals surface area contributed by atoms with Crippen LogP contribution in [0.25, 0.3) is 0 Å². The summed E-state index contributed by atoms with van der Waals surface area (Å²) >= 11 is 12.1. The van der Waals surface area contributed by atoms with E-state index in [1.165, 1.54) is 0 Å². The molecule has 2 aromatic carbocycles. The monoisotopic (exact) mass is 352 g/mol. The number of halogens is 2. The standard InChI is InChI=1S/C18H18Cl2O3/c1-2-22-18(21)10-6-14-5-9-16(11-17(14)20)23-12-13-3-7-15(19)8-4-13/h3-5,7-9,11H,2,6,10,12H2,1H3. The zero-order valence-corrected chi connectivity index (χ0v) is 14.4. The average molecular weight is 353 g/mol. The third-order valence-electron chi connectivity index (χ3n) is 3.25. The molecule has 0 unspecified atom stereocenters. The van der Waals surface area contributed by atoms with E-state index in [0.29, 0.717) is 41.9 Å². The van der Waals surface area contributed by atoms with Crippen LogP contribution >= 0.6 is 23.2 Å². The summed E-state index contributed by atoms with van der Waals surface area (Å²) in [6, 6.07) is 13.0. The minimum Gasteiger partial charge on any atom is -0.489 e. The summed E-state index contributed by atoms with van der Waals surface area (Å²) in [5.41, 5.74) is 1.93. The first kappa shape index (κ1) is 17.6. The SMILES string of the molecule is CCOC(=O)CCc1ccc(OCc2ccc(Cl)cc2)cc1Cl. The second-order valence-electron chi connectivity index (χ2n) is 4.97. The van der Waals surface area contributed by atoms with Crippen molar-refractivity contribution in [3.63, 3.8) is 0 Å². The summed E-state index contributed by atoms with van der Waals surface area (Å²) < 4.78 is 10.6. The summed E-state index contributed by atoms with van der Waals surface area (Å²) in [7, 11) is 0. The molecule has 0 heterocycles. The Morgan fingerprint density at radius 1 is 1.09 bits per heavy atom. The van der Waals surface area contributed by atoms with E-state index in [9.17, 15) is 4.79 Å². The second kappa shape index (κ2) is 8.80. The van der Waals surface area contributed by atoms with E-state index in [4.69, 9.17) is 32.7 Å². The molecule has 0 saturated heterocycles.